The molecule has 0 fully saturated rings. The van der Waals surface area contributed by atoms with Crippen LogP contribution in [0.3, 0.4) is 0 Å². The average Bonchev–Trinajstić information content (AvgIpc) is 2.27. The number of rotatable bonds is 5. The Labute approximate surface area is 113 Å². The molecule has 1 heteroatoms. The van der Waals surface area contributed by atoms with Gasteiger partial charge in [0.1, 0.15) is 0 Å². The van der Waals surface area contributed by atoms with Crippen LogP contribution in [0.4, 0.5) is 0 Å². The van der Waals surface area contributed by atoms with Crippen molar-refractivity contribution in [3.05, 3.63) is 35.4 Å². The van der Waals surface area contributed by atoms with Crippen LogP contribution in [0.1, 0.15) is 65.1 Å². The molecule has 1 unspecified atom stereocenters. The highest BCUT2D eigenvalue weighted by molar-refractivity contribution is 5.29. The van der Waals surface area contributed by atoms with Crippen LogP contribution in [0.25, 0.3) is 0 Å². The van der Waals surface area contributed by atoms with E-state index < -0.39 is 0 Å². The van der Waals surface area contributed by atoms with Crippen molar-refractivity contribution >= 4 is 0 Å². The molecule has 1 nitrogen and oxygen atoms in total. The summed E-state index contributed by atoms with van der Waals surface area (Å²) < 4.78 is 0. The Morgan fingerprint density at radius 3 is 2.00 bits per heavy atom. The summed E-state index contributed by atoms with van der Waals surface area (Å²) in [4.78, 5) is 0. The van der Waals surface area contributed by atoms with Crippen LogP contribution >= 0.6 is 0 Å². The van der Waals surface area contributed by atoms with Crippen LogP contribution in [0, 0.1) is 5.92 Å². The summed E-state index contributed by atoms with van der Waals surface area (Å²) in [5.74, 6) is 0.719. The molecular weight excluding hydrogens is 218 g/mol. The lowest BCUT2D eigenvalue weighted by atomic mass is 9.85. The smallest absolute Gasteiger partial charge is 0.0322 e. The molecule has 0 bridgehead atoms. The summed E-state index contributed by atoms with van der Waals surface area (Å²) >= 11 is 0. The standard InChI is InChI=1S/C17H29N/c1-7-18-16(12-13(2)3)14-8-10-15(11-9-14)17(4,5)6/h8-11,13,16,18H,7,12H2,1-6H3. The fourth-order valence-electron chi connectivity index (χ4n) is 2.27. The zero-order valence-corrected chi connectivity index (χ0v) is 12.9. The quantitative estimate of drug-likeness (QED) is 0.796. The molecule has 0 radical (unpaired) electrons. The van der Waals surface area contributed by atoms with Crippen molar-refractivity contribution in [1.29, 1.82) is 0 Å². The maximum Gasteiger partial charge on any atom is 0.0322 e. The lowest BCUT2D eigenvalue weighted by Crippen LogP contribution is -2.22. The highest BCUT2D eigenvalue weighted by Gasteiger charge is 2.15. The minimum absolute atomic E-state index is 0.240. The van der Waals surface area contributed by atoms with Gasteiger partial charge < -0.3 is 5.32 Å². The molecule has 0 aromatic heterocycles. The highest BCUT2D eigenvalue weighted by Crippen LogP contribution is 2.26. The predicted octanol–water partition coefficient (Wildman–Crippen LogP) is 4.68. The molecule has 0 heterocycles. The monoisotopic (exact) mass is 247 g/mol. The van der Waals surface area contributed by atoms with Crippen molar-refractivity contribution in [2.75, 3.05) is 6.54 Å². The van der Waals surface area contributed by atoms with E-state index in [-0.39, 0.29) is 5.41 Å². The maximum absolute atomic E-state index is 3.59. The molecule has 1 aromatic rings. The third-order valence-corrected chi connectivity index (χ3v) is 3.34. The minimum atomic E-state index is 0.240. The zero-order valence-electron chi connectivity index (χ0n) is 12.9. The summed E-state index contributed by atoms with van der Waals surface area (Å²) in [6, 6.07) is 9.62. The molecule has 0 aliphatic carbocycles. The summed E-state index contributed by atoms with van der Waals surface area (Å²) in [5, 5.41) is 3.59. The largest absolute Gasteiger partial charge is 0.310 e. The Hall–Kier alpha value is -0.820. The van der Waals surface area contributed by atoms with Gasteiger partial charge in [0.05, 0.1) is 0 Å². The summed E-state index contributed by atoms with van der Waals surface area (Å²) in [6.45, 7) is 14.6. The van der Waals surface area contributed by atoms with E-state index in [9.17, 15) is 0 Å². The van der Waals surface area contributed by atoms with Gasteiger partial charge in [0, 0.05) is 6.04 Å². The first-order chi connectivity index (χ1) is 8.34. The van der Waals surface area contributed by atoms with E-state index in [1.54, 1.807) is 0 Å². The fourth-order valence-corrected chi connectivity index (χ4v) is 2.27. The molecule has 0 aliphatic heterocycles. The van der Waals surface area contributed by atoms with E-state index in [0.29, 0.717) is 6.04 Å². The van der Waals surface area contributed by atoms with Gasteiger partial charge in [0.2, 0.25) is 0 Å². The lowest BCUT2D eigenvalue weighted by molar-refractivity contribution is 0.438. The Morgan fingerprint density at radius 2 is 1.61 bits per heavy atom. The van der Waals surface area contributed by atoms with Crippen molar-refractivity contribution in [3.8, 4) is 0 Å². The van der Waals surface area contributed by atoms with Crippen molar-refractivity contribution in [2.45, 2.75) is 59.4 Å². The van der Waals surface area contributed by atoms with Gasteiger partial charge in [-0.15, -0.1) is 0 Å². The second-order valence-corrected chi connectivity index (χ2v) is 6.61. The van der Waals surface area contributed by atoms with Crippen LogP contribution in [0.15, 0.2) is 24.3 Å². The molecule has 0 saturated carbocycles. The highest BCUT2D eigenvalue weighted by atomic mass is 14.9. The number of benzene rings is 1. The molecule has 102 valence electrons. The van der Waals surface area contributed by atoms with Gasteiger partial charge in [-0.1, -0.05) is 65.8 Å². The van der Waals surface area contributed by atoms with Crippen molar-refractivity contribution < 1.29 is 0 Å². The SMILES string of the molecule is CCNC(CC(C)C)c1ccc(C(C)(C)C)cc1. The molecule has 0 spiro atoms. The molecule has 1 atom stereocenters. The van der Waals surface area contributed by atoms with E-state index in [2.05, 4.69) is 71.1 Å². The van der Waals surface area contributed by atoms with E-state index in [1.807, 2.05) is 0 Å². The van der Waals surface area contributed by atoms with Gasteiger partial charge in [-0.3, -0.25) is 0 Å². The Morgan fingerprint density at radius 1 is 1.06 bits per heavy atom. The molecule has 0 saturated heterocycles. The summed E-state index contributed by atoms with van der Waals surface area (Å²) in [5.41, 5.74) is 3.06. The van der Waals surface area contributed by atoms with E-state index >= 15 is 0 Å². The first kappa shape index (κ1) is 15.2. The summed E-state index contributed by atoms with van der Waals surface area (Å²) in [6.07, 6.45) is 1.20. The third-order valence-electron chi connectivity index (χ3n) is 3.34. The normalized spacial score (nSPS) is 13.9. The van der Waals surface area contributed by atoms with Crippen molar-refractivity contribution in [1.82, 2.24) is 5.32 Å². The van der Waals surface area contributed by atoms with Crippen LogP contribution < -0.4 is 5.32 Å². The second kappa shape index (κ2) is 6.38. The Bertz CT molecular complexity index is 343. The van der Waals surface area contributed by atoms with Crippen molar-refractivity contribution in [3.63, 3.8) is 0 Å². The van der Waals surface area contributed by atoms with E-state index in [0.717, 1.165) is 12.5 Å². The minimum Gasteiger partial charge on any atom is -0.310 e. The number of hydrogen-bond acceptors (Lipinski definition) is 1. The van der Waals surface area contributed by atoms with E-state index in [4.69, 9.17) is 0 Å². The van der Waals surface area contributed by atoms with Gasteiger partial charge in [0.25, 0.3) is 0 Å². The fraction of sp³-hybridized carbons (Fsp3) is 0.647. The zero-order chi connectivity index (χ0) is 13.8. The third kappa shape index (κ3) is 4.45. The number of hydrogen-bond donors (Lipinski definition) is 1. The Balaban J connectivity index is 2.86. The molecule has 1 aromatic carbocycles. The molecule has 0 aliphatic rings. The maximum atomic E-state index is 3.59. The van der Waals surface area contributed by atoms with Gasteiger partial charge in [-0.25, -0.2) is 0 Å². The van der Waals surface area contributed by atoms with Crippen LogP contribution in [0.2, 0.25) is 0 Å². The molecule has 0 amide bonds. The lowest BCUT2D eigenvalue weighted by Gasteiger charge is -2.23. The van der Waals surface area contributed by atoms with E-state index in [1.165, 1.54) is 17.5 Å². The van der Waals surface area contributed by atoms with Crippen LogP contribution in [0.5, 0.6) is 0 Å². The molecule has 18 heavy (non-hydrogen) atoms. The average molecular weight is 247 g/mol. The van der Waals surface area contributed by atoms with Gasteiger partial charge in [0.15, 0.2) is 0 Å². The molecular formula is C17H29N. The first-order valence-corrected chi connectivity index (χ1v) is 7.18. The topological polar surface area (TPSA) is 12.0 Å². The van der Waals surface area contributed by atoms with Crippen molar-refractivity contribution in [2.24, 2.45) is 5.92 Å². The predicted molar refractivity (Wildman–Crippen MR) is 81.0 cm³/mol. The van der Waals surface area contributed by atoms with Gasteiger partial charge >= 0.3 is 0 Å². The number of nitrogens with one attached hydrogen (secondary N) is 1. The van der Waals surface area contributed by atoms with Crippen LogP contribution in [-0.4, -0.2) is 6.54 Å². The summed E-state index contributed by atoms with van der Waals surface area (Å²) in [7, 11) is 0. The Kier molecular flexibility index (Phi) is 5.40. The van der Waals surface area contributed by atoms with Gasteiger partial charge in [-0.05, 0) is 35.4 Å². The second-order valence-electron chi connectivity index (χ2n) is 6.61. The van der Waals surface area contributed by atoms with Gasteiger partial charge in [-0.2, -0.15) is 0 Å². The van der Waals surface area contributed by atoms with Crippen LogP contribution in [-0.2, 0) is 5.41 Å². The first-order valence-electron chi connectivity index (χ1n) is 7.18. The molecule has 1 rings (SSSR count). The molecule has 1 N–H and O–H groups in total.